The van der Waals surface area contributed by atoms with Gasteiger partial charge in [-0.1, -0.05) is 12.1 Å². The average molecular weight is 601 g/mol. The van der Waals surface area contributed by atoms with Crippen LogP contribution in [0.2, 0.25) is 0 Å². The van der Waals surface area contributed by atoms with Crippen molar-refractivity contribution in [3.8, 4) is 11.5 Å². The predicted molar refractivity (Wildman–Crippen MR) is 143 cm³/mol. The molecular weight excluding hydrogens is 572 g/mol. The van der Waals surface area contributed by atoms with E-state index in [1.54, 1.807) is 12.1 Å². The third-order valence-electron chi connectivity index (χ3n) is 7.21. The van der Waals surface area contributed by atoms with Gasteiger partial charge < -0.3 is 14.4 Å². The maximum absolute atomic E-state index is 13.3. The summed E-state index contributed by atoms with van der Waals surface area (Å²) in [6.45, 7) is 2.63. The predicted octanol–water partition coefficient (Wildman–Crippen LogP) is 6.45. The smallest absolute Gasteiger partial charge is 0.174 e. The number of allylic oxidation sites excluding steroid dienone is 4. The monoisotopic (exact) mass is 601 g/mol. The third-order valence-corrected chi connectivity index (χ3v) is 8.01. The van der Waals surface area contributed by atoms with Crippen molar-refractivity contribution in [2.75, 3.05) is 13.7 Å². The van der Waals surface area contributed by atoms with Gasteiger partial charge in [-0.15, -0.1) is 0 Å². The number of halogens is 2. The van der Waals surface area contributed by atoms with Gasteiger partial charge in [0.2, 0.25) is 0 Å². The molecule has 0 saturated carbocycles. The van der Waals surface area contributed by atoms with Gasteiger partial charge in [-0.2, -0.15) is 0 Å². The molecule has 0 N–H and O–H groups in total. The van der Waals surface area contributed by atoms with Crippen LogP contribution in [0.15, 0.2) is 58.9 Å². The lowest BCUT2D eigenvalue weighted by atomic mass is 9.71. The van der Waals surface area contributed by atoms with E-state index in [0.29, 0.717) is 30.9 Å². The Labute approximate surface area is 224 Å². The number of carbonyl (C=O) groups is 2. The number of ketones is 2. The minimum absolute atomic E-state index is 0.127. The highest BCUT2D eigenvalue weighted by Crippen LogP contribution is 2.50. The molecule has 7 heteroatoms. The largest absolute Gasteiger partial charge is 0.490 e. The molecule has 0 bridgehead atoms. The molecule has 188 valence electrons. The van der Waals surface area contributed by atoms with Crippen LogP contribution in [0.5, 0.6) is 11.5 Å². The molecule has 0 spiro atoms. The Kier molecular flexibility index (Phi) is 7.19. The molecule has 0 aromatic heterocycles. The molecule has 36 heavy (non-hydrogen) atoms. The molecule has 1 aliphatic heterocycles. The summed E-state index contributed by atoms with van der Waals surface area (Å²) < 4.78 is 26.3. The van der Waals surface area contributed by atoms with Crippen LogP contribution in [-0.2, 0) is 16.2 Å². The van der Waals surface area contributed by atoms with Gasteiger partial charge in [0.15, 0.2) is 23.1 Å². The van der Waals surface area contributed by atoms with Crippen molar-refractivity contribution in [2.45, 2.75) is 58.0 Å². The zero-order chi connectivity index (χ0) is 25.4. The topological polar surface area (TPSA) is 55.8 Å². The van der Waals surface area contributed by atoms with Crippen molar-refractivity contribution in [3.63, 3.8) is 0 Å². The molecule has 5 nitrogen and oxygen atoms in total. The van der Waals surface area contributed by atoms with Gasteiger partial charge in [-0.25, -0.2) is 4.39 Å². The van der Waals surface area contributed by atoms with E-state index in [0.717, 1.165) is 62.9 Å². The van der Waals surface area contributed by atoms with E-state index >= 15 is 0 Å². The van der Waals surface area contributed by atoms with Gasteiger partial charge in [-0.3, -0.25) is 9.59 Å². The number of benzene rings is 2. The average Bonchev–Trinajstić information content (AvgIpc) is 2.86. The Hall–Kier alpha value is -2.68. The van der Waals surface area contributed by atoms with Crippen molar-refractivity contribution in [1.82, 2.24) is 4.90 Å². The Balaban J connectivity index is 1.59. The van der Waals surface area contributed by atoms with Gasteiger partial charge >= 0.3 is 0 Å². The fourth-order valence-electron chi connectivity index (χ4n) is 5.58. The number of nitrogens with zero attached hydrogens (tertiary/aromatic N) is 1. The second-order valence-electron chi connectivity index (χ2n) is 9.44. The Morgan fingerprint density at radius 2 is 1.56 bits per heavy atom. The van der Waals surface area contributed by atoms with E-state index in [9.17, 15) is 14.0 Å². The second-order valence-corrected chi connectivity index (χ2v) is 10.6. The molecule has 5 rings (SSSR count). The molecule has 0 radical (unpaired) electrons. The van der Waals surface area contributed by atoms with Gasteiger partial charge in [-0.05, 0) is 90.6 Å². The normalized spacial score (nSPS) is 18.4. The summed E-state index contributed by atoms with van der Waals surface area (Å²) in [6, 6.07) is 10.2. The lowest BCUT2D eigenvalue weighted by Crippen LogP contribution is -2.37. The fraction of sp³-hybridized carbons (Fsp3) is 0.379. The van der Waals surface area contributed by atoms with Gasteiger partial charge in [0, 0.05) is 48.3 Å². The van der Waals surface area contributed by atoms with E-state index in [1.807, 2.05) is 26.1 Å². The summed E-state index contributed by atoms with van der Waals surface area (Å²) in [7, 11) is 2.00. The van der Waals surface area contributed by atoms with Crippen molar-refractivity contribution in [3.05, 3.63) is 79.5 Å². The molecular formula is C29H29FINO4. The molecule has 2 aromatic rings. The van der Waals surface area contributed by atoms with Crippen LogP contribution >= 0.6 is 22.6 Å². The first kappa shape index (κ1) is 25.0. The van der Waals surface area contributed by atoms with Crippen molar-refractivity contribution in [2.24, 2.45) is 0 Å². The maximum Gasteiger partial charge on any atom is 0.174 e. The Morgan fingerprint density at radius 3 is 2.14 bits per heavy atom. The molecule has 2 aromatic carbocycles. The molecule has 1 heterocycles. The zero-order valence-electron chi connectivity index (χ0n) is 20.5. The minimum Gasteiger partial charge on any atom is -0.490 e. The molecule has 3 aliphatic rings. The summed E-state index contributed by atoms with van der Waals surface area (Å²) >= 11 is 2.23. The lowest BCUT2D eigenvalue weighted by molar-refractivity contribution is -0.117. The van der Waals surface area contributed by atoms with Gasteiger partial charge in [0.05, 0.1) is 10.2 Å². The van der Waals surface area contributed by atoms with Gasteiger partial charge in [0.25, 0.3) is 0 Å². The Bertz CT molecular complexity index is 1240. The fourth-order valence-corrected chi connectivity index (χ4v) is 6.36. The van der Waals surface area contributed by atoms with Gasteiger partial charge in [0.1, 0.15) is 12.4 Å². The summed E-state index contributed by atoms with van der Waals surface area (Å²) in [5.41, 5.74) is 5.35. The van der Waals surface area contributed by atoms with Crippen LogP contribution in [-0.4, -0.2) is 30.1 Å². The first-order chi connectivity index (χ1) is 17.4. The standard InChI is InChI=1S/C29H29FINO4/c1-3-35-25-15-18(14-20(31)29(25)36-16-17-10-12-19(30)13-11-17)26-27-21(6-4-8-23(27)33)32(2)22-7-5-9-24(34)28(22)26/h10-15,26H,3-9,16H2,1-2H3. The van der Waals surface area contributed by atoms with E-state index < -0.39 is 0 Å². The summed E-state index contributed by atoms with van der Waals surface area (Å²) in [5.74, 6) is 0.765. The molecule has 2 aliphatic carbocycles. The van der Waals surface area contributed by atoms with Crippen LogP contribution in [0.1, 0.15) is 62.5 Å². The zero-order valence-corrected chi connectivity index (χ0v) is 22.7. The van der Waals surface area contributed by atoms with E-state index in [4.69, 9.17) is 9.47 Å². The van der Waals surface area contributed by atoms with Crippen LogP contribution in [0.3, 0.4) is 0 Å². The SMILES string of the molecule is CCOc1cc(C2C3=C(CCCC3=O)N(C)C3=C2C(=O)CCC3)cc(I)c1OCc1ccc(F)cc1. The molecule has 0 atom stereocenters. The molecule has 0 fully saturated rings. The minimum atomic E-state index is -0.384. The van der Waals surface area contributed by atoms with Crippen LogP contribution in [0.4, 0.5) is 4.39 Å². The second kappa shape index (κ2) is 10.4. The first-order valence-electron chi connectivity index (χ1n) is 12.5. The van der Waals surface area contributed by atoms with Crippen LogP contribution in [0, 0.1) is 9.39 Å². The highest BCUT2D eigenvalue weighted by atomic mass is 127. The number of hydrogen-bond acceptors (Lipinski definition) is 5. The highest BCUT2D eigenvalue weighted by Gasteiger charge is 2.42. The molecule has 0 unspecified atom stereocenters. The lowest BCUT2D eigenvalue weighted by Gasteiger charge is -2.42. The van der Waals surface area contributed by atoms with Crippen molar-refractivity contribution < 1.29 is 23.5 Å². The molecule has 0 amide bonds. The maximum atomic E-state index is 13.3. The van der Waals surface area contributed by atoms with Crippen LogP contribution in [0.25, 0.3) is 0 Å². The molecule has 0 saturated heterocycles. The summed E-state index contributed by atoms with van der Waals surface area (Å²) in [6.07, 6.45) is 4.37. The third kappa shape index (κ3) is 4.58. The van der Waals surface area contributed by atoms with Crippen molar-refractivity contribution in [1.29, 1.82) is 0 Å². The number of rotatable bonds is 6. The summed E-state index contributed by atoms with van der Waals surface area (Å²) in [5, 5.41) is 0. The van der Waals surface area contributed by atoms with Crippen LogP contribution < -0.4 is 9.47 Å². The number of carbonyl (C=O) groups excluding carboxylic acids is 2. The number of ether oxygens (including phenoxy) is 2. The van der Waals surface area contributed by atoms with E-state index in [-0.39, 0.29) is 29.9 Å². The Morgan fingerprint density at radius 1 is 0.944 bits per heavy atom. The number of Topliss-reactive ketones (excluding diaryl/α,β-unsaturated/α-hetero) is 2. The quantitative estimate of drug-likeness (QED) is 0.357. The first-order valence-corrected chi connectivity index (χ1v) is 13.6. The highest BCUT2D eigenvalue weighted by molar-refractivity contribution is 14.1. The van der Waals surface area contributed by atoms with Crippen molar-refractivity contribution >= 4 is 34.2 Å². The van der Waals surface area contributed by atoms with E-state index in [1.165, 1.54) is 12.1 Å². The number of hydrogen-bond donors (Lipinski definition) is 0. The summed E-state index contributed by atoms with van der Waals surface area (Å²) in [4.78, 5) is 28.7. The van der Waals surface area contributed by atoms with E-state index in [2.05, 4.69) is 27.5 Å².